The Kier molecular flexibility index (Phi) is 4.56. The minimum atomic E-state index is -1.14. The van der Waals surface area contributed by atoms with Crippen molar-refractivity contribution in [2.24, 2.45) is 22.7 Å². The van der Waals surface area contributed by atoms with E-state index in [1.54, 1.807) is 0 Å². The van der Waals surface area contributed by atoms with Crippen LogP contribution in [-0.4, -0.2) is 28.4 Å². The summed E-state index contributed by atoms with van der Waals surface area (Å²) in [5, 5.41) is 19.6. The van der Waals surface area contributed by atoms with Crippen LogP contribution in [0.3, 0.4) is 0 Å². The quantitative estimate of drug-likeness (QED) is 0.601. The van der Waals surface area contributed by atoms with Gasteiger partial charge in [-0.3, -0.25) is 4.79 Å². The van der Waals surface area contributed by atoms with E-state index in [0.29, 0.717) is 12.0 Å². The Morgan fingerprint density at radius 2 is 2.12 bits per heavy atom. The van der Waals surface area contributed by atoms with Crippen molar-refractivity contribution in [1.82, 2.24) is 0 Å². The van der Waals surface area contributed by atoms with Gasteiger partial charge >= 0.3 is 11.9 Å². The highest BCUT2D eigenvalue weighted by molar-refractivity contribution is 5.85. The molecule has 0 amide bonds. The fourth-order valence-corrected chi connectivity index (χ4v) is 5.69. The molecule has 2 saturated carbocycles. The van der Waals surface area contributed by atoms with Gasteiger partial charge in [0.15, 0.2) is 0 Å². The van der Waals surface area contributed by atoms with E-state index in [9.17, 15) is 19.8 Å². The van der Waals surface area contributed by atoms with Gasteiger partial charge in [-0.25, -0.2) is 4.79 Å². The fraction of sp³-hybridized carbons (Fsp3) is 0.700. The molecule has 1 heterocycles. The maximum atomic E-state index is 12.0. The van der Waals surface area contributed by atoms with Crippen LogP contribution in [-0.2, 0) is 14.3 Å². The number of rotatable bonds is 4. The zero-order chi connectivity index (χ0) is 18.4. The van der Waals surface area contributed by atoms with Gasteiger partial charge in [0, 0.05) is 11.6 Å². The molecule has 2 unspecified atom stereocenters. The van der Waals surface area contributed by atoms with Crippen LogP contribution in [0.2, 0.25) is 0 Å². The molecule has 0 saturated heterocycles. The second-order valence-electron chi connectivity index (χ2n) is 8.43. The van der Waals surface area contributed by atoms with Crippen molar-refractivity contribution in [3.63, 3.8) is 0 Å². The molecule has 25 heavy (non-hydrogen) atoms. The number of esters is 1. The summed E-state index contributed by atoms with van der Waals surface area (Å²) in [5.74, 6) is -0.857. The number of hydrogen-bond acceptors (Lipinski definition) is 4. The fourth-order valence-electron chi connectivity index (χ4n) is 5.69. The van der Waals surface area contributed by atoms with Crippen LogP contribution in [0.5, 0.6) is 0 Å². The first-order valence-corrected chi connectivity index (χ1v) is 9.18. The SMILES string of the molecule is C=C1CC[C@H]2[C@@](C)(C(=O)O)CCC[C@]2(C)C1CCC1=CC(=O)OC1O. The summed E-state index contributed by atoms with van der Waals surface area (Å²) in [5.41, 5.74) is 1.00. The Balaban J connectivity index is 1.83. The van der Waals surface area contributed by atoms with Crippen LogP contribution < -0.4 is 0 Å². The Morgan fingerprint density at radius 3 is 2.72 bits per heavy atom. The van der Waals surface area contributed by atoms with Crippen molar-refractivity contribution < 1.29 is 24.5 Å². The van der Waals surface area contributed by atoms with E-state index < -0.39 is 23.6 Å². The number of ether oxygens (including phenoxy) is 1. The molecule has 0 aromatic heterocycles. The smallest absolute Gasteiger partial charge is 0.333 e. The number of carboxylic acids is 1. The molecule has 5 heteroatoms. The van der Waals surface area contributed by atoms with Crippen molar-refractivity contribution in [3.05, 3.63) is 23.8 Å². The molecule has 5 nitrogen and oxygen atoms in total. The van der Waals surface area contributed by atoms with Gasteiger partial charge in [0.25, 0.3) is 0 Å². The lowest BCUT2D eigenvalue weighted by atomic mass is 9.46. The number of carboxylic acid groups (broad SMARTS) is 1. The molecule has 2 N–H and O–H groups in total. The van der Waals surface area contributed by atoms with Crippen molar-refractivity contribution >= 4 is 11.9 Å². The lowest BCUT2D eigenvalue weighted by Crippen LogP contribution is -2.53. The van der Waals surface area contributed by atoms with Crippen LogP contribution in [0.1, 0.15) is 58.8 Å². The van der Waals surface area contributed by atoms with E-state index in [-0.39, 0.29) is 17.3 Å². The van der Waals surface area contributed by atoms with E-state index >= 15 is 0 Å². The summed E-state index contributed by atoms with van der Waals surface area (Å²) in [7, 11) is 0. The van der Waals surface area contributed by atoms with Crippen LogP contribution in [0.15, 0.2) is 23.8 Å². The minimum absolute atomic E-state index is 0.101. The van der Waals surface area contributed by atoms with Gasteiger partial charge < -0.3 is 14.9 Å². The largest absolute Gasteiger partial charge is 0.481 e. The van der Waals surface area contributed by atoms with E-state index in [1.807, 2.05) is 6.92 Å². The van der Waals surface area contributed by atoms with E-state index in [2.05, 4.69) is 13.5 Å². The number of carbonyl (C=O) groups is 2. The van der Waals surface area contributed by atoms with E-state index in [4.69, 9.17) is 4.74 Å². The molecule has 138 valence electrons. The monoisotopic (exact) mass is 348 g/mol. The second kappa shape index (κ2) is 6.27. The summed E-state index contributed by atoms with van der Waals surface area (Å²) < 4.78 is 4.76. The average molecular weight is 348 g/mol. The summed E-state index contributed by atoms with van der Waals surface area (Å²) >= 11 is 0. The number of carbonyl (C=O) groups excluding carboxylic acids is 1. The first-order valence-electron chi connectivity index (χ1n) is 9.18. The molecule has 2 fully saturated rings. The highest BCUT2D eigenvalue weighted by atomic mass is 16.6. The number of cyclic esters (lactones) is 1. The Bertz CT molecular complexity index is 636. The molecule has 0 spiro atoms. The van der Waals surface area contributed by atoms with Gasteiger partial charge in [0.05, 0.1) is 5.41 Å². The molecule has 1 aliphatic heterocycles. The second-order valence-corrected chi connectivity index (χ2v) is 8.43. The van der Waals surface area contributed by atoms with Crippen LogP contribution >= 0.6 is 0 Å². The summed E-state index contributed by atoms with van der Waals surface area (Å²) in [4.78, 5) is 23.3. The van der Waals surface area contributed by atoms with Crippen LogP contribution in [0.4, 0.5) is 0 Å². The molecule has 3 rings (SSSR count). The molecular formula is C20H28O5. The summed E-state index contributed by atoms with van der Waals surface area (Å²) in [6.45, 7) is 8.39. The molecule has 0 aromatic carbocycles. The zero-order valence-corrected chi connectivity index (χ0v) is 15.1. The highest BCUT2D eigenvalue weighted by Crippen LogP contribution is 2.62. The molecule has 2 aliphatic carbocycles. The van der Waals surface area contributed by atoms with Gasteiger partial charge in [-0.2, -0.15) is 0 Å². The predicted molar refractivity (Wildman–Crippen MR) is 92.5 cm³/mol. The van der Waals surface area contributed by atoms with Crippen LogP contribution in [0, 0.1) is 22.7 Å². The average Bonchev–Trinajstić information content (AvgIpc) is 2.84. The number of aliphatic carboxylic acids is 1. The number of aliphatic hydroxyl groups is 1. The van der Waals surface area contributed by atoms with E-state index in [0.717, 1.165) is 38.5 Å². The van der Waals surface area contributed by atoms with Crippen molar-refractivity contribution in [3.8, 4) is 0 Å². The molecule has 0 radical (unpaired) electrons. The van der Waals surface area contributed by atoms with Gasteiger partial charge in [-0.15, -0.1) is 0 Å². The number of allylic oxidation sites excluding steroid dienone is 1. The zero-order valence-electron chi connectivity index (χ0n) is 15.1. The lowest BCUT2D eigenvalue weighted by molar-refractivity contribution is -0.164. The maximum absolute atomic E-state index is 12.0. The molecule has 0 bridgehead atoms. The summed E-state index contributed by atoms with van der Waals surface area (Å²) in [6.07, 6.45) is 5.94. The van der Waals surface area contributed by atoms with Gasteiger partial charge in [0.2, 0.25) is 6.29 Å². The Hall–Kier alpha value is -1.62. The number of fused-ring (bicyclic) bond motifs is 1. The van der Waals surface area contributed by atoms with Gasteiger partial charge in [0.1, 0.15) is 0 Å². The summed E-state index contributed by atoms with van der Waals surface area (Å²) in [6, 6.07) is 0. The van der Waals surface area contributed by atoms with E-state index in [1.165, 1.54) is 11.6 Å². The normalized spacial score (nSPS) is 41.1. The molecular weight excluding hydrogens is 320 g/mol. The highest BCUT2D eigenvalue weighted by Gasteiger charge is 2.57. The maximum Gasteiger partial charge on any atom is 0.333 e. The molecule has 0 aromatic rings. The molecule has 5 atom stereocenters. The number of hydrogen-bond donors (Lipinski definition) is 2. The predicted octanol–water partition coefficient (Wildman–Crippen LogP) is 3.43. The third kappa shape index (κ3) is 2.92. The first-order chi connectivity index (χ1) is 11.7. The third-order valence-corrected chi connectivity index (χ3v) is 7.08. The Morgan fingerprint density at radius 1 is 1.40 bits per heavy atom. The lowest BCUT2D eigenvalue weighted by Gasteiger charge is -2.57. The topological polar surface area (TPSA) is 83.8 Å². The number of aliphatic hydroxyl groups excluding tert-OH is 1. The van der Waals surface area contributed by atoms with Crippen molar-refractivity contribution in [2.45, 2.75) is 65.1 Å². The van der Waals surface area contributed by atoms with Gasteiger partial charge in [-0.05, 0) is 62.7 Å². The first kappa shape index (κ1) is 18.2. The standard InChI is InChI=1S/C20H28O5/c1-12-5-8-15-19(2,9-4-10-20(15,3)18(23)24)14(12)7-6-13-11-16(21)25-17(13)22/h11,14-15,17,22H,1,4-10H2,2-3H3,(H,23,24)/t14?,15-,17?,19-,20+/m1/s1. The van der Waals surface area contributed by atoms with Gasteiger partial charge in [-0.1, -0.05) is 25.5 Å². The third-order valence-electron chi connectivity index (χ3n) is 7.08. The van der Waals surface area contributed by atoms with Crippen molar-refractivity contribution in [2.75, 3.05) is 0 Å². The minimum Gasteiger partial charge on any atom is -0.481 e. The van der Waals surface area contributed by atoms with Crippen LogP contribution in [0.25, 0.3) is 0 Å². The Labute approximate surface area is 148 Å². The molecule has 3 aliphatic rings. The van der Waals surface area contributed by atoms with Crippen molar-refractivity contribution in [1.29, 1.82) is 0 Å².